The summed E-state index contributed by atoms with van der Waals surface area (Å²) in [6.07, 6.45) is 1.73. The SMILES string of the molecule is N=C(c1nccs1)c1ccccc1NCc1ccccc1. The van der Waals surface area contributed by atoms with Gasteiger partial charge in [-0.05, 0) is 11.6 Å². The summed E-state index contributed by atoms with van der Waals surface area (Å²) in [7, 11) is 0. The molecule has 2 aromatic carbocycles. The number of anilines is 1. The second-order valence-electron chi connectivity index (χ2n) is 4.60. The van der Waals surface area contributed by atoms with Crippen molar-refractivity contribution >= 4 is 22.7 Å². The molecule has 0 saturated heterocycles. The average molecular weight is 293 g/mol. The third-order valence-corrected chi connectivity index (χ3v) is 3.96. The summed E-state index contributed by atoms with van der Waals surface area (Å²) >= 11 is 1.49. The number of rotatable bonds is 5. The fraction of sp³-hybridized carbons (Fsp3) is 0.0588. The molecule has 4 heteroatoms. The zero-order valence-electron chi connectivity index (χ0n) is 11.4. The topological polar surface area (TPSA) is 48.8 Å². The molecule has 0 fully saturated rings. The number of thiazole rings is 1. The molecular formula is C17H15N3S. The molecule has 0 unspecified atom stereocenters. The summed E-state index contributed by atoms with van der Waals surface area (Å²) in [6, 6.07) is 18.1. The van der Waals surface area contributed by atoms with E-state index in [0.717, 1.165) is 22.8 Å². The molecule has 0 amide bonds. The number of aromatic nitrogens is 1. The predicted octanol–water partition coefficient (Wildman–Crippen LogP) is 4.17. The maximum atomic E-state index is 8.32. The minimum absolute atomic E-state index is 0.459. The van der Waals surface area contributed by atoms with Gasteiger partial charge >= 0.3 is 0 Å². The fourth-order valence-electron chi connectivity index (χ4n) is 2.11. The quantitative estimate of drug-likeness (QED) is 0.694. The Bertz CT molecular complexity index is 721. The summed E-state index contributed by atoms with van der Waals surface area (Å²) in [4.78, 5) is 4.22. The largest absolute Gasteiger partial charge is 0.380 e. The van der Waals surface area contributed by atoms with E-state index in [1.54, 1.807) is 6.20 Å². The second-order valence-corrected chi connectivity index (χ2v) is 5.49. The highest BCUT2D eigenvalue weighted by atomic mass is 32.1. The van der Waals surface area contributed by atoms with E-state index in [9.17, 15) is 0 Å². The van der Waals surface area contributed by atoms with Crippen LogP contribution in [-0.2, 0) is 6.54 Å². The van der Waals surface area contributed by atoms with Crippen LogP contribution in [0.25, 0.3) is 0 Å². The van der Waals surface area contributed by atoms with Gasteiger partial charge in [0.1, 0.15) is 5.01 Å². The molecule has 21 heavy (non-hydrogen) atoms. The van der Waals surface area contributed by atoms with Crippen molar-refractivity contribution < 1.29 is 0 Å². The number of benzene rings is 2. The number of nitrogens with zero attached hydrogens (tertiary/aromatic N) is 1. The van der Waals surface area contributed by atoms with E-state index in [0.29, 0.717) is 5.71 Å². The molecule has 0 aliphatic heterocycles. The van der Waals surface area contributed by atoms with Crippen LogP contribution in [0.3, 0.4) is 0 Å². The van der Waals surface area contributed by atoms with Gasteiger partial charge in [0.15, 0.2) is 0 Å². The van der Waals surface area contributed by atoms with Crippen molar-refractivity contribution in [2.24, 2.45) is 0 Å². The van der Waals surface area contributed by atoms with Gasteiger partial charge in [-0.3, -0.25) is 5.41 Å². The number of para-hydroxylation sites is 1. The summed E-state index contributed by atoms with van der Waals surface area (Å²) in [6.45, 7) is 0.739. The molecule has 0 spiro atoms. The van der Waals surface area contributed by atoms with Gasteiger partial charge in [0.2, 0.25) is 0 Å². The van der Waals surface area contributed by atoms with E-state index in [-0.39, 0.29) is 0 Å². The lowest BCUT2D eigenvalue weighted by Gasteiger charge is -2.12. The van der Waals surface area contributed by atoms with Crippen LogP contribution >= 0.6 is 11.3 Å². The Hall–Kier alpha value is -2.46. The van der Waals surface area contributed by atoms with Crippen LogP contribution < -0.4 is 5.32 Å². The molecule has 0 radical (unpaired) electrons. The predicted molar refractivity (Wildman–Crippen MR) is 88.3 cm³/mol. The number of hydrogen-bond donors (Lipinski definition) is 2. The zero-order chi connectivity index (χ0) is 14.5. The van der Waals surface area contributed by atoms with Gasteiger partial charge in [-0.15, -0.1) is 11.3 Å². The van der Waals surface area contributed by atoms with E-state index >= 15 is 0 Å². The van der Waals surface area contributed by atoms with Gasteiger partial charge < -0.3 is 5.32 Å². The lowest BCUT2D eigenvalue weighted by atomic mass is 10.1. The molecule has 0 bridgehead atoms. The van der Waals surface area contributed by atoms with Gasteiger partial charge in [0, 0.05) is 29.4 Å². The second kappa shape index (κ2) is 6.33. The molecular weight excluding hydrogens is 278 g/mol. The monoisotopic (exact) mass is 293 g/mol. The summed E-state index contributed by atoms with van der Waals surface area (Å²) < 4.78 is 0. The molecule has 1 aromatic heterocycles. The molecule has 1 heterocycles. The Morgan fingerprint density at radius 2 is 1.81 bits per heavy atom. The lowest BCUT2D eigenvalue weighted by Crippen LogP contribution is -2.07. The number of hydrogen-bond acceptors (Lipinski definition) is 4. The van der Waals surface area contributed by atoms with E-state index < -0.39 is 0 Å². The van der Waals surface area contributed by atoms with Crippen molar-refractivity contribution in [1.82, 2.24) is 4.98 Å². The van der Waals surface area contributed by atoms with Gasteiger partial charge in [-0.25, -0.2) is 4.98 Å². The minimum atomic E-state index is 0.459. The molecule has 0 saturated carbocycles. The van der Waals surface area contributed by atoms with Crippen LogP contribution in [0.2, 0.25) is 0 Å². The van der Waals surface area contributed by atoms with Crippen LogP contribution in [0.1, 0.15) is 16.1 Å². The Kier molecular flexibility index (Phi) is 4.07. The van der Waals surface area contributed by atoms with Gasteiger partial charge in [-0.2, -0.15) is 0 Å². The Labute approximate surface area is 127 Å². The van der Waals surface area contributed by atoms with Crippen LogP contribution in [0, 0.1) is 5.41 Å². The number of nitrogens with one attached hydrogen (secondary N) is 2. The molecule has 3 aromatic rings. The van der Waals surface area contributed by atoms with Crippen molar-refractivity contribution in [3.63, 3.8) is 0 Å². The van der Waals surface area contributed by atoms with Crippen molar-refractivity contribution in [2.45, 2.75) is 6.54 Å². The molecule has 3 rings (SSSR count). The minimum Gasteiger partial charge on any atom is -0.380 e. The van der Waals surface area contributed by atoms with Crippen LogP contribution in [0.4, 0.5) is 5.69 Å². The fourth-order valence-corrected chi connectivity index (χ4v) is 2.71. The summed E-state index contributed by atoms with van der Waals surface area (Å²) in [5.74, 6) is 0. The smallest absolute Gasteiger partial charge is 0.141 e. The zero-order valence-corrected chi connectivity index (χ0v) is 12.2. The lowest BCUT2D eigenvalue weighted by molar-refractivity contribution is 1.15. The van der Waals surface area contributed by atoms with E-state index in [1.165, 1.54) is 16.9 Å². The highest BCUT2D eigenvalue weighted by Gasteiger charge is 2.11. The summed E-state index contributed by atoms with van der Waals surface area (Å²) in [5, 5.41) is 14.4. The van der Waals surface area contributed by atoms with Gasteiger partial charge in [0.25, 0.3) is 0 Å². The molecule has 0 aliphatic rings. The normalized spacial score (nSPS) is 10.3. The highest BCUT2D eigenvalue weighted by Crippen LogP contribution is 2.21. The van der Waals surface area contributed by atoms with Crippen LogP contribution in [0.15, 0.2) is 66.2 Å². The van der Waals surface area contributed by atoms with Crippen LogP contribution in [0.5, 0.6) is 0 Å². The third-order valence-electron chi connectivity index (χ3n) is 3.17. The van der Waals surface area contributed by atoms with Crippen molar-refractivity contribution in [1.29, 1.82) is 5.41 Å². The Balaban J connectivity index is 1.81. The first kappa shape index (κ1) is 13.5. The van der Waals surface area contributed by atoms with E-state index in [4.69, 9.17) is 5.41 Å². The van der Waals surface area contributed by atoms with Crippen molar-refractivity contribution in [2.75, 3.05) is 5.32 Å². The van der Waals surface area contributed by atoms with E-state index in [1.807, 2.05) is 47.8 Å². The van der Waals surface area contributed by atoms with E-state index in [2.05, 4.69) is 22.4 Å². The first-order valence-corrected chi connectivity index (χ1v) is 7.58. The first-order chi connectivity index (χ1) is 10.3. The molecule has 2 N–H and O–H groups in total. The highest BCUT2D eigenvalue weighted by molar-refractivity contribution is 7.11. The molecule has 0 atom stereocenters. The van der Waals surface area contributed by atoms with Gasteiger partial charge in [-0.1, -0.05) is 48.5 Å². The third kappa shape index (κ3) is 3.17. The average Bonchev–Trinajstić information content (AvgIpc) is 3.08. The van der Waals surface area contributed by atoms with Gasteiger partial charge in [0.05, 0.1) is 5.71 Å². The van der Waals surface area contributed by atoms with Crippen molar-refractivity contribution in [3.8, 4) is 0 Å². The van der Waals surface area contributed by atoms with Crippen LogP contribution in [-0.4, -0.2) is 10.7 Å². The molecule has 104 valence electrons. The molecule has 3 nitrogen and oxygen atoms in total. The molecule has 0 aliphatic carbocycles. The first-order valence-electron chi connectivity index (χ1n) is 6.70. The Morgan fingerprint density at radius 1 is 1.05 bits per heavy atom. The standard InChI is InChI=1S/C17H15N3S/c18-16(17-19-10-11-21-17)14-8-4-5-9-15(14)20-12-13-6-2-1-3-7-13/h1-11,18,20H,12H2. The maximum Gasteiger partial charge on any atom is 0.141 e. The van der Waals surface area contributed by atoms with Crippen molar-refractivity contribution in [3.05, 3.63) is 82.3 Å². The maximum absolute atomic E-state index is 8.32. The summed E-state index contributed by atoms with van der Waals surface area (Å²) in [5.41, 5.74) is 3.51. The Morgan fingerprint density at radius 3 is 2.57 bits per heavy atom.